The minimum absolute atomic E-state index is 0.00463. The van der Waals surface area contributed by atoms with Crippen LogP contribution in [0.15, 0.2) is 0 Å². The van der Waals surface area contributed by atoms with Crippen molar-refractivity contribution in [2.75, 3.05) is 13.2 Å². The molecule has 2 rings (SSSR count). The summed E-state index contributed by atoms with van der Waals surface area (Å²) >= 11 is 0. The highest BCUT2D eigenvalue weighted by atomic mass is 32.2. The van der Waals surface area contributed by atoms with Crippen molar-refractivity contribution in [3.63, 3.8) is 0 Å². The van der Waals surface area contributed by atoms with Gasteiger partial charge in [-0.1, -0.05) is 0 Å². The number of morpholine rings is 1. The third kappa shape index (κ3) is 1.16. The number of nitrogens with zero attached hydrogens (tertiary/aromatic N) is 1. The van der Waals surface area contributed by atoms with E-state index in [0.717, 1.165) is 6.42 Å². The molecule has 11 heavy (non-hydrogen) atoms. The number of hydrogen-bond donors (Lipinski definition) is 1. The molecule has 0 unspecified atom stereocenters. The number of ether oxygens (including phenoxy) is 1. The molecule has 2 aliphatic rings. The second-order valence-electron chi connectivity index (χ2n) is 2.96. The van der Waals surface area contributed by atoms with Crippen molar-refractivity contribution in [1.82, 2.24) is 4.31 Å². The fourth-order valence-corrected chi connectivity index (χ4v) is 2.61. The number of rotatable bonds is 1. The van der Waals surface area contributed by atoms with Crippen LogP contribution in [-0.4, -0.2) is 38.0 Å². The molecule has 2 fully saturated rings. The Morgan fingerprint density at radius 3 is 2.55 bits per heavy atom. The maximum atomic E-state index is 10.9. The van der Waals surface area contributed by atoms with Gasteiger partial charge in [0.25, 0.3) is 10.2 Å². The zero-order valence-electron chi connectivity index (χ0n) is 5.93. The van der Waals surface area contributed by atoms with E-state index in [1.807, 2.05) is 0 Å². The van der Waals surface area contributed by atoms with Gasteiger partial charge in [-0.3, -0.25) is 0 Å². The molecular weight excluding hydrogens is 168 g/mol. The fourth-order valence-electron chi connectivity index (χ4n) is 1.68. The van der Waals surface area contributed by atoms with E-state index >= 15 is 0 Å². The Hall–Kier alpha value is -0.170. The molecule has 64 valence electrons. The number of hydrogen-bond acceptors (Lipinski definition) is 3. The molecule has 0 aromatic rings. The van der Waals surface area contributed by atoms with E-state index < -0.39 is 10.2 Å². The third-order valence-corrected chi connectivity index (χ3v) is 3.28. The molecule has 0 aromatic carbocycles. The molecule has 2 aliphatic heterocycles. The second kappa shape index (κ2) is 2.16. The van der Waals surface area contributed by atoms with E-state index in [9.17, 15) is 8.42 Å². The summed E-state index contributed by atoms with van der Waals surface area (Å²) in [5, 5.41) is 4.97. The lowest BCUT2D eigenvalue weighted by atomic mass is 10.3. The summed E-state index contributed by atoms with van der Waals surface area (Å²) in [5.74, 6) is 0. The van der Waals surface area contributed by atoms with Gasteiger partial charge in [-0.05, 0) is 6.42 Å². The van der Waals surface area contributed by atoms with Crippen LogP contribution in [0.25, 0.3) is 0 Å². The molecule has 0 amide bonds. The Morgan fingerprint density at radius 1 is 1.55 bits per heavy atom. The summed E-state index contributed by atoms with van der Waals surface area (Å²) < 4.78 is 28.3. The monoisotopic (exact) mass is 178 g/mol. The number of nitrogens with two attached hydrogens (primary N) is 1. The average molecular weight is 178 g/mol. The van der Waals surface area contributed by atoms with Gasteiger partial charge >= 0.3 is 0 Å². The molecule has 2 N–H and O–H groups in total. The average Bonchev–Trinajstić information content (AvgIpc) is 2.42. The molecular formula is C5H10N2O3S. The smallest absolute Gasteiger partial charge is 0.277 e. The maximum Gasteiger partial charge on any atom is 0.277 e. The van der Waals surface area contributed by atoms with Crippen LogP contribution >= 0.6 is 0 Å². The Labute approximate surface area is 65.3 Å². The van der Waals surface area contributed by atoms with Gasteiger partial charge in [-0.25, -0.2) is 5.14 Å². The van der Waals surface area contributed by atoms with Gasteiger partial charge in [0.15, 0.2) is 0 Å². The van der Waals surface area contributed by atoms with E-state index in [1.54, 1.807) is 0 Å². The van der Waals surface area contributed by atoms with E-state index in [2.05, 4.69) is 0 Å². The van der Waals surface area contributed by atoms with Crippen molar-refractivity contribution >= 4 is 10.2 Å². The first-order valence-corrected chi connectivity index (χ1v) is 4.99. The fraction of sp³-hybridized carbons (Fsp3) is 1.00. The van der Waals surface area contributed by atoms with Crippen LogP contribution in [0.4, 0.5) is 0 Å². The summed E-state index contributed by atoms with van der Waals surface area (Å²) in [6.45, 7) is 0.935. The molecule has 6 heteroatoms. The van der Waals surface area contributed by atoms with Crippen LogP contribution in [0.3, 0.4) is 0 Å². The molecule has 0 aliphatic carbocycles. The minimum Gasteiger partial charge on any atom is -0.375 e. The molecule has 0 saturated carbocycles. The Kier molecular flexibility index (Phi) is 1.47. The molecule has 0 radical (unpaired) electrons. The van der Waals surface area contributed by atoms with Crippen molar-refractivity contribution in [2.24, 2.45) is 5.14 Å². The van der Waals surface area contributed by atoms with Gasteiger partial charge in [0.2, 0.25) is 0 Å². The molecule has 2 heterocycles. The molecule has 0 spiro atoms. The van der Waals surface area contributed by atoms with Gasteiger partial charge in [0, 0.05) is 6.54 Å². The Morgan fingerprint density at radius 2 is 2.27 bits per heavy atom. The SMILES string of the molecule is NS(=O)(=O)N1C[C@H]2C[C@@H]1CO2. The van der Waals surface area contributed by atoms with Crippen molar-refractivity contribution in [2.45, 2.75) is 18.6 Å². The number of fused-ring (bicyclic) bond motifs is 2. The van der Waals surface area contributed by atoms with Crippen LogP contribution < -0.4 is 5.14 Å². The first-order chi connectivity index (χ1) is 5.07. The predicted octanol–water partition coefficient (Wildman–Crippen LogP) is -1.34. The van der Waals surface area contributed by atoms with Crippen LogP contribution in [0.2, 0.25) is 0 Å². The highest BCUT2D eigenvalue weighted by Crippen LogP contribution is 2.28. The standard InChI is InChI=1S/C5H10N2O3S/c6-11(8,9)7-2-5-1-4(7)3-10-5/h4-5H,1-3H2,(H2,6,8,9)/t4-,5-/m1/s1. The van der Waals surface area contributed by atoms with Crippen LogP contribution in [0.1, 0.15) is 6.42 Å². The zero-order chi connectivity index (χ0) is 8.06. The molecule has 2 bridgehead atoms. The zero-order valence-corrected chi connectivity index (χ0v) is 6.75. The normalized spacial score (nSPS) is 38.3. The summed E-state index contributed by atoms with van der Waals surface area (Å²) in [7, 11) is -3.48. The maximum absolute atomic E-state index is 10.9. The second-order valence-corrected chi connectivity index (χ2v) is 4.46. The summed E-state index contributed by atoms with van der Waals surface area (Å²) in [5.41, 5.74) is 0. The first kappa shape index (κ1) is 7.48. The topological polar surface area (TPSA) is 72.6 Å². The van der Waals surface area contributed by atoms with Gasteiger partial charge in [0.1, 0.15) is 0 Å². The summed E-state index contributed by atoms with van der Waals surface area (Å²) in [6, 6.07) is -0.00463. The van der Waals surface area contributed by atoms with E-state index in [1.165, 1.54) is 4.31 Å². The van der Waals surface area contributed by atoms with E-state index in [4.69, 9.17) is 9.88 Å². The minimum atomic E-state index is -3.48. The lowest BCUT2D eigenvalue weighted by Crippen LogP contribution is -2.44. The van der Waals surface area contributed by atoms with Gasteiger partial charge in [-0.2, -0.15) is 12.7 Å². The summed E-state index contributed by atoms with van der Waals surface area (Å²) in [4.78, 5) is 0. The van der Waals surface area contributed by atoms with Crippen molar-refractivity contribution in [3.8, 4) is 0 Å². The van der Waals surface area contributed by atoms with Crippen LogP contribution in [-0.2, 0) is 14.9 Å². The summed E-state index contributed by atoms with van der Waals surface area (Å²) in [6.07, 6.45) is 0.884. The van der Waals surface area contributed by atoms with Gasteiger partial charge in [-0.15, -0.1) is 0 Å². The highest BCUT2D eigenvalue weighted by molar-refractivity contribution is 7.86. The molecule has 2 saturated heterocycles. The highest BCUT2D eigenvalue weighted by Gasteiger charge is 2.43. The molecule has 5 nitrogen and oxygen atoms in total. The third-order valence-electron chi connectivity index (χ3n) is 2.18. The molecule has 2 atom stereocenters. The van der Waals surface area contributed by atoms with Crippen molar-refractivity contribution in [1.29, 1.82) is 0 Å². The van der Waals surface area contributed by atoms with Crippen molar-refractivity contribution < 1.29 is 13.2 Å². The van der Waals surface area contributed by atoms with Gasteiger partial charge < -0.3 is 4.74 Å². The lowest BCUT2D eigenvalue weighted by Gasteiger charge is -2.23. The molecule has 0 aromatic heterocycles. The van der Waals surface area contributed by atoms with E-state index in [-0.39, 0.29) is 12.1 Å². The first-order valence-electron chi connectivity index (χ1n) is 3.48. The quantitative estimate of drug-likeness (QED) is 0.540. The Balaban J connectivity index is 2.21. The van der Waals surface area contributed by atoms with Crippen LogP contribution in [0, 0.1) is 0 Å². The Bertz CT molecular complexity index is 263. The van der Waals surface area contributed by atoms with Crippen molar-refractivity contribution in [3.05, 3.63) is 0 Å². The largest absolute Gasteiger partial charge is 0.375 e. The van der Waals surface area contributed by atoms with E-state index in [0.29, 0.717) is 13.2 Å². The van der Waals surface area contributed by atoms with Crippen LogP contribution in [0.5, 0.6) is 0 Å². The lowest BCUT2D eigenvalue weighted by molar-refractivity contribution is 0.0608. The predicted molar refractivity (Wildman–Crippen MR) is 38.0 cm³/mol. The van der Waals surface area contributed by atoms with Gasteiger partial charge in [0.05, 0.1) is 18.8 Å².